The van der Waals surface area contributed by atoms with Crippen LogP contribution in [0.15, 0.2) is 36.5 Å². The van der Waals surface area contributed by atoms with Gasteiger partial charge in [-0.25, -0.2) is 0 Å². The summed E-state index contributed by atoms with van der Waals surface area (Å²) in [6, 6.07) is 7.60. The maximum Gasteiger partial charge on any atom is 0.270 e. The van der Waals surface area contributed by atoms with Crippen LogP contribution < -0.4 is 16.0 Å². The number of pyridine rings is 1. The third kappa shape index (κ3) is 7.85. The number of amides is 3. The van der Waals surface area contributed by atoms with Gasteiger partial charge in [0, 0.05) is 40.0 Å². The number of hydrogen-bond acceptors (Lipinski definition) is 5. The molecule has 9 heteroatoms. The highest BCUT2D eigenvalue weighted by Crippen LogP contribution is 2.26. The van der Waals surface area contributed by atoms with E-state index in [1.54, 1.807) is 32.0 Å². The highest BCUT2D eigenvalue weighted by molar-refractivity contribution is 6.31. The minimum Gasteiger partial charge on any atom is -0.508 e. The second-order valence-electron chi connectivity index (χ2n) is 9.21. The molecule has 0 aliphatic rings. The van der Waals surface area contributed by atoms with Crippen molar-refractivity contribution in [2.75, 3.05) is 5.32 Å². The Morgan fingerprint density at radius 1 is 1.03 bits per heavy atom. The Balaban J connectivity index is 2.03. The first-order valence-electron chi connectivity index (χ1n) is 10.1. The molecule has 0 atom stereocenters. The van der Waals surface area contributed by atoms with E-state index in [9.17, 15) is 19.5 Å². The summed E-state index contributed by atoms with van der Waals surface area (Å²) in [5.41, 5.74) is -0.410. The summed E-state index contributed by atoms with van der Waals surface area (Å²) >= 11 is 6.04. The highest BCUT2D eigenvalue weighted by Gasteiger charge is 2.27. The Bertz CT molecular complexity index is 995. The number of phenolic OH excluding ortho intramolecular Hbond substituents is 1. The van der Waals surface area contributed by atoms with Gasteiger partial charge in [0.05, 0.1) is 6.42 Å². The maximum atomic E-state index is 12.7. The molecule has 3 amide bonds. The third-order valence-electron chi connectivity index (χ3n) is 4.28. The molecule has 0 bridgehead atoms. The van der Waals surface area contributed by atoms with Gasteiger partial charge in [-0.05, 0) is 58.9 Å². The molecular formula is C23H29ClN4O4. The van der Waals surface area contributed by atoms with Gasteiger partial charge in [-0.2, -0.15) is 0 Å². The van der Waals surface area contributed by atoms with Gasteiger partial charge in [-0.15, -0.1) is 0 Å². The van der Waals surface area contributed by atoms with Gasteiger partial charge in [-0.3, -0.25) is 19.4 Å². The zero-order chi connectivity index (χ0) is 24.1. The van der Waals surface area contributed by atoms with E-state index in [4.69, 9.17) is 11.6 Å². The minimum absolute atomic E-state index is 0.0693. The summed E-state index contributed by atoms with van der Waals surface area (Å²) < 4.78 is 0. The van der Waals surface area contributed by atoms with Crippen LogP contribution in [0.25, 0.3) is 0 Å². The molecule has 0 aliphatic heterocycles. The molecule has 0 spiro atoms. The zero-order valence-electron chi connectivity index (χ0n) is 18.9. The van der Waals surface area contributed by atoms with Crippen LogP contribution in [0.4, 0.5) is 5.69 Å². The van der Waals surface area contributed by atoms with Crippen molar-refractivity contribution in [1.29, 1.82) is 0 Å². The van der Waals surface area contributed by atoms with Crippen molar-refractivity contribution in [3.8, 4) is 5.75 Å². The van der Waals surface area contributed by atoms with Gasteiger partial charge in [0.25, 0.3) is 5.91 Å². The van der Waals surface area contributed by atoms with Crippen molar-refractivity contribution in [3.63, 3.8) is 0 Å². The maximum absolute atomic E-state index is 12.7. The molecule has 0 fully saturated rings. The Kier molecular flexibility index (Phi) is 7.85. The number of benzene rings is 1. The van der Waals surface area contributed by atoms with Crippen molar-refractivity contribution in [3.05, 3.63) is 52.8 Å². The van der Waals surface area contributed by atoms with Crippen LogP contribution in [0.2, 0.25) is 5.02 Å². The first-order valence-corrected chi connectivity index (χ1v) is 10.5. The van der Waals surface area contributed by atoms with Crippen LogP contribution >= 0.6 is 11.6 Å². The fourth-order valence-corrected chi connectivity index (χ4v) is 3.24. The third-order valence-corrected chi connectivity index (χ3v) is 4.63. The lowest BCUT2D eigenvalue weighted by molar-refractivity contribution is -0.123. The fraction of sp³-hybridized carbons (Fsp3) is 0.391. The van der Waals surface area contributed by atoms with E-state index >= 15 is 0 Å². The molecular weight excluding hydrogens is 432 g/mol. The van der Waals surface area contributed by atoms with Gasteiger partial charge >= 0.3 is 0 Å². The van der Waals surface area contributed by atoms with Crippen molar-refractivity contribution in [2.45, 2.75) is 58.5 Å². The second kappa shape index (κ2) is 9.99. The number of anilines is 1. The number of rotatable bonds is 7. The van der Waals surface area contributed by atoms with Gasteiger partial charge in [-0.1, -0.05) is 17.7 Å². The van der Waals surface area contributed by atoms with Crippen LogP contribution in [0.5, 0.6) is 5.75 Å². The van der Waals surface area contributed by atoms with Crippen molar-refractivity contribution in [1.82, 2.24) is 15.6 Å². The summed E-state index contributed by atoms with van der Waals surface area (Å²) in [5.74, 6) is -1.14. The molecule has 8 nitrogen and oxygen atoms in total. The van der Waals surface area contributed by atoms with Gasteiger partial charge < -0.3 is 21.1 Å². The van der Waals surface area contributed by atoms with Crippen molar-refractivity contribution < 1.29 is 19.5 Å². The number of hydrogen-bond donors (Lipinski definition) is 4. The molecule has 1 aromatic carbocycles. The highest BCUT2D eigenvalue weighted by atomic mass is 35.5. The molecule has 0 radical (unpaired) electrons. The predicted octanol–water partition coefficient (Wildman–Crippen LogP) is 3.44. The van der Waals surface area contributed by atoms with Crippen LogP contribution in [0.3, 0.4) is 0 Å². The Hall–Kier alpha value is -3.13. The summed E-state index contributed by atoms with van der Waals surface area (Å²) in [6.45, 7) is 9.14. The number of carbonyl (C=O) groups is 3. The molecule has 4 N–H and O–H groups in total. The molecule has 2 aromatic rings. The number of phenols is 1. The molecule has 0 aliphatic carbocycles. The SMILES string of the molecule is CC(C)(C)NC(=O)CC(C)(C)NC(=O)c1cc(NC(=O)Cc2c(O)cccc2Cl)ccn1. The number of nitrogens with zero attached hydrogens (tertiary/aromatic N) is 1. The number of carbonyl (C=O) groups excluding carboxylic acids is 3. The molecule has 0 saturated heterocycles. The van der Waals surface area contributed by atoms with E-state index < -0.39 is 17.4 Å². The lowest BCUT2D eigenvalue weighted by atomic mass is 9.98. The van der Waals surface area contributed by atoms with Crippen LogP contribution in [0.1, 0.15) is 57.1 Å². The quantitative estimate of drug-likeness (QED) is 0.504. The molecule has 0 unspecified atom stereocenters. The van der Waals surface area contributed by atoms with Crippen molar-refractivity contribution >= 4 is 35.0 Å². The number of halogens is 1. The van der Waals surface area contributed by atoms with Crippen LogP contribution in [-0.4, -0.2) is 38.9 Å². The normalized spacial score (nSPS) is 11.6. The van der Waals surface area contributed by atoms with Crippen LogP contribution in [0, 0.1) is 0 Å². The minimum atomic E-state index is -0.811. The Morgan fingerprint density at radius 3 is 2.34 bits per heavy atom. The van der Waals surface area contributed by atoms with E-state index in [2.05, 4.69) is 20.9 Å². The summed E-state index contributed by atoms with van der Waals surface area (Å²) in [7, 11) is 0. The number of nitrogens with one attached hydrogen (secondary N) is 3. The molecule has 172 valence electrons. The van der Waals surface area contributed by atoms with E-state index in [0.717, 1.165) is 0 Å². The van der Waals surface area contributed by atoms with E-state index in [1.807, 2.05) is 20.8 Å². The van der Waals surface area contributed by atoms with Crippen LogP contribution in [-0.2, 0) is 16.0 Å². The summed E-state index contributed by atoms with van der Waals surface area (Å²) in [5, 5.41) is 18.5. The van der Waals surface area contributed by atoms with E-state index in [1.165, 1.54) is 18.3 Å². The van der Waals surface area contributed by atoms with Gasteiger partial charge in [0.1, 0.15) is 11.4 Å². The number of aromatic nitrogens is 1. The zero-order valence-corrected chi connectivity index (χ0v) is 19.6. The van der Waals surface area contributed by atoms with E-state index in [0.29, 0.717) is 11.3 Å². The molecule has 1 aromatic heterocycles. The lowest BCUT2D eigenvalue weighted by Gasteiger charge is -2.28. The Morgan fingerprint density at radius 2 is 1.72 bits per heavy atom. The predicted molar refractivity (Wildman–Crippen MR) is 124 cm³/mol. The van der Waals surface area contributed by atoms with E-state index in [-0.39, 0.29) is 40.8 Å². The summed E-state index contributed by atoms with van der Waals surface area (Å²) in [6.07, 6.45) is 1.36. The Labute approximate surface area is 192 Å². The van der Waals surface area contributed by atoms with Gasteiger partial charge in [0.15, 0.2) is 0 Å². The van der Waals surface area contributed by atoms with Crippen molar-refractivity contribution in [2.24, 2.45) is 0 Å². The summed E-state index contributed by atoms with van der Waals surface area (Å²) in [4.78, 5) is 41.3. The smallest absolute Gasteiger partial charge is 0.270 e. The fourth-order valence-electron chi connectivity index (χ4n) is 3.00. The number of aromatic hydroxyl groups is 1. The standard InChI is InChI=1S/C23H29ClN4O4/c1-22(2,3)27-20(31)13-23(4,5)28-21(32)17-11-14(9-10-25-17)26-19(30)12-15-16(24)7-6-8-18(15)29/h6-11,29H,12-13H2,1-5H3,(H,27,31)(H,28,32)(H,25,26,30). The molecule has 0 saturated carbocycles. The topological polar surface area (TPSA) is 120 Å². The first-order chi connectivity index (χ1) is 14.8. The van der Waals surface area contributed by atoms with Gasteiger partial charge in [0.2, 0.25) is 11.8 Å². The average Bonchev–Trinajstić information content (AvgIpc) is 2.62. The largest absolute Gasteiger partial charge is 0.508 e. The average molecular weight is 461 g/mol. The monoisotopic (exact) mass is 460 g/mol. The molecule has 1 heterocycles. The second-order valence-corrected chi connectivity index (χ2v) is 9.61. The first kappa shape index (κ1) is 25.1. The lowest BCUT2D eigenvalue weighted by Crippen LogP contribution is -2.49. The molecule has 2 rings (SSSR count). The molecule has 32 heavy (non-hydrogen) atoms.